The Bertz CT molecular complexity index is 351. The van der Waals surface area contributed by atoms with Crippen LogP contribution in [0.5, 0.6) is 0 Å². The van der Waals surface area contributed by atoms with Crippen molar-refractivity contribution in [3.05, 3.63) is 35.9 Å². The summed E-state index contributed by atoms with van der Waals surface area (Å²) in [6.45, 7) is 1.93. The lowest BCUT2D eigenvalue weighted by Crippen LogP contribution is -2.30. The van der Waals surface area contributed by atoms with Gasteiger partial charge in [0.1, 0.15) is 0 Å². The van der Waals surface area contributed by atoms with Gasteiger partial charge in [0.2, 0.25) is 5.24 Å². The summed E-state index contributed by atoms with van der Waals surface area (Å²) in [6.07, 6.45) is 0. The number of hydrogen-bond acceptors (Lipinski definition) is 2. The zero-order chi connectivity index (χ0) is 11.3. The molecular formula is C11H12ClNO2. The topological polar surface area (TPSA) is 46.2 Å². The van der Waals surface area contributed by atoms with Gasteiger partial charge in [0.25, 0.3) is 5.91 Å². The third-order valence-electron chi connectivity index (χ3n) is 1.99. The summed E-state index contributed by atoms with van der Waals surface area (Å²) in [5.41, 5.74) is 0.576. The number of halogens is 1. The predicted octanol–water partition coefficient (Wildman–Crippen LogP) is 1.82. The van der Waals surface area contributed by atoms with Crippen molar-refractivity contribution in [3.8, 4) is 0 Å². The molecule has 0 spiro atoms. The van der Waals surface area contributed by atoms with Crippen LogP contribution in [0.2, 0.25) is 0 Å². The van der Waals surface area contributed by atoms with Gasteiger partial charge < -0.3 is 5.32 Å². The molecular weight excluding hydrogens is 214 g/mol. The van der Waals surface area contributed by atoms with Crippen LogP contribution in [0, 0.1) is 5.92 Å². The van der Waals surface area contributed by atoms with E-state index in [0.717, 1.165) is 0 Å². The highest BCUT2D eigenvalue weighted by Crippen LogP contribution is 2.01. The molecule has 1 atom stereocenters. The normalized spacial score (nSPS) is 11.9. The van der Waals surface area contributed by atoms with Crippen LogP contribution in [0.3, 0.4) is 0 Å². The standard InChI is InChI=1S/C11H12ClNO2/c1-8(10(12)14)7-13-11(15)9-5-3-2-4-6-9/h2-6,8H,7H2,1H3,(H,13,15). The van der Waals surface area contributed by atoms with Gasteiger partial charge in [0, 0.05) is 18.0 Å². The molecule has 0 bridgehead atoms. The second-order valence-electron chi connectivity index (χ2n) is 3.28. The van der Waals surface area contributed by atoms with Crippen LogP contribution >= 0.6 is 11.6 Å². The molecule has 0 radical (unpaired) electrons. The molecule has 1 unspecified atom stereocenters. The molecule has 4 heteroatoms. The molecule has 0 aliphatic carbocycles. The maximum absolute atomic E-state index is 11.5. The Morgan fingerprint density at radius 2 is 1.93 bits per heavy atom. The number of benzene rings is 1. The first kappa shape index (κ1) is 11.7. The van der Waals surface area contributed by atoms with Crippen molar-refractivity contribution < 1.29 is 9.59 Å². The van der Waals surface area contributed by atoms with E-state index in [2.05, 4.69) is 5.32 Å². The van der Waals surface area contributed by atoms with Crippen molar-refractivity contribution in [3.63, 3.8) is 0 Å². The number of amides is 1. The summed E-state index contributed by atoms with van der Waals surface area (Å²) in [6, 6.07) is 8.82. The maximum Gasteiger partial charge on any atom is 0.251 e. The fourth-order valence-corrected chi connectivity index (χ4v) is 1.09. The van der Waals surface area contributed by atoms with Gasteiger partial charge in [-0.05, 0) is 23.7 Å². The van der Waals surface area contributed by atoms with Crippen molar-refractivity contribution in [2.45, 2.75) is 6.92 Å². The first-order valence-corrected chi connectivity index (χ1v) is 5.01. The molecule has 3 nitrogen and oxygen atoms in total. The predicted molar refractivity (Wildman–Crippen MR) is 58.8 cm³/mol. The second kappa shape index (κ2) is 5.51. The molecule has 0 aliphatic rings. The van der Waals surface area contributed by atoms with Crippen molar-refractivity contribution in [1.29, 1.82) is 0 Å². The summed E-state index contributed by atoms with van der Waals surface area (Å²) in [7, 11) is 0. The van der Waals surface area contributed by atoms with Crippen molar-refractivity contribution >= 4 is 22.8 Å². The minimum atomic E-state index is -0.441. The third-order valence-corrected chi connectivity index (χ3v) is 2.36. The summed E-state index contributed by atoms with van der Waals surface area (Å²) >= 11 is 5.27. The van der Waals surface area contributed by atoms with E-state index in [9.17, 15) is 9.59 Å². The summed E-state index contributed by atoms with van der Waals surface area (Å²) in [5, 5.41) is 2.19. The van der Waals surface area contributed by atoms with E-state index < -0.39 is 5.24 Å². The van der Waals surface area contributed by atoms with Gasteiger partial charge in [-0.25, -0.2) is 0 Å². The van der Waals surface area contributed by atoms with E-state index in [1.54, 1.807) is 31.2 Å². The Balaban J connectivity index is 2.47. The fourth-order valence-electron chi connectivity index (χ4n) is 1.02. The molecule has 1 rings (SSSR count). The number of nitrogens with one attached hydrogen (secondary N) is 1. The number of carbonyl (C=O) groups excluding carboxylic acids is 2. The summed E-state index contributed by atoms with van der Waals surface area (Å²) in [5.74, 6) is -0.556. The average Bonchev–Trinajstić information content (AvgIpc) is 2.26. The van der Waals surface area contributed by atoms with Gasteiger partial charge in [0.05, 0.1) is 0 Å². The number of carbonyl (C=O) groups is 2. The van der Waals surface area contributed by atoms with Crippen LogP contribution in [-0.2, 0) is 4.79 Å². The largest absolute Gasteiger partial charge is 0.351 e. The molecule has 80 valence electrons. The van der Waals surface area contributed by atoms with Crippen LogP contribution in [-0.4, -0.2) is 17.7 Å². The monoisotopic (exact) mass is 225 g/mol. The highest BCUT2D eigenvalue weighted by atomic mass is 35.5. The van der Waals surface area contributed by atoms with Crippen molar-refractivity contribution in [2.24, 2.45) is 5.92 Å². The molecule has 1 aromatic carbocycles. The average molecular weight is 226 g/mol. The molecule has 0 aliphatic heterocycles. The molecule has 15 heavy (non-hydrogen) atoms. The summed E-state index contributed by atoms with van der Waals surface area (Å²) in [4.78, 5) is 22.2. The highest BCUT2D eigenvalue weighted by Gasteiger charge is 2.11. The molecule has 0 fully saturated rings. The van der Waals surface area contributed by atoms with E-state index in [-0.39, 0.29) is 18.4 Å². The lowest BCUT2D eigenvalue weighted by atomic mass is 10.2. The van der Waals surface area contributed by atoms with Gasteiger partial charge in [-0.2, -0.15) is 0 Å². The molecule has 1 aromatic rings. The Morgan fingerprint density at radius 1 is 1.33 bits per heavy atom. The van der Waals surface area contributed by atoms with E-state index in [0.29, 0.717) is 5.56 Å². The minimum Gasteiger partial charge on any atom is -0.351 e. The third kappa shape index (κ3) is 3.72. The zero-order valence-corrected chi connectivity index (χ0v) is 9.12. The molecule has 1 N–H and O–H groups in total. The van der Waals surface area contributed by atoms with Crippen molar-refractivity contribution in [1.82, 2.24) is 5.32 Å². The van der Waals surface area contributed by atoms with Gasteiger partial charge in [-0.15, -0.1) is 0 Å². The highest BCUT2D eigenvalue weighted by molar-refractivity contribution is 6.63. The molecule has 0 saturated carbocycles. The maximum atomic E-state index is 11.5. The van der Waals surface area contributed by atoms with Crippen LogP contribution in [0.25, 0.3) is 0 Å². The Labute approximate surface area is 93.4 Å². The van der Waals surface area contributed by atoms with Crippen LogP contribution in [0.4, 0.5) is 0 Å². The van der Waals surface area contributed by atoms with Crippen LogP contribution < -0.4 is 5.32 Å². The first-order chi connectivity index (χ1) is 7.11. The zero-order valence-electron chi connectivity index (χ0n) is 8.37. The van der Waals surface area contributed by atoms with E-state index in [1.165, 1.54) is 0 Å². The fraction of sp³-hybridized carbons (Fsp3) is 0.273. The van der Waals surface area contributed by atoms with Gasteiger partial charge in [-0.1, -0.05) is 25.1 Å². The Hall–Kier alpha value is -1.35. The lowest BCUT2D eigenvalue weighted by molar-refractivity contribution is -0.114. The summed E-state index contributed by atoms with van der Waals surface area (Å²) < 4.78 is 0. The first-order valence-electron chi connectivity index (χ1n) is 4.64. The number of rotatable bonds is 4. The minimum absolute atomic E-state index is 0.194. The molecule has 0 heterocycles. The Morgan fingerprint density at radius 3 is 2.47 bits per heavy atom. The van der Waals surface area contributed by atoms with E-state index in [4.69, 9.17) is 11.6 Å². The van der Waals surface area contributed by atoms with E-state index >= 15 is 0 Å². The van der Waals surface area contributed by atoms with Crippen molar-refractivity contribution in [2.75, 3.05) is 6.54 Å². The molecule has 0 aromatic heterocycles. The van der Waals surface area contributed by atoms with Crippen LogP contribution in [0.1, 0.15) is 17.3 Å². The SMILES string of the molecule is CC(CNC(=O)c1ccccc1)C(=O)Cl. The lowest BCUT2D eigenvalue weighted by Gasteiger charge is -2.08. The Kier molecular flexibility index (Phi) is 4.31. The molecule has 1 amide bonds. The quantitative estimate of drug-likeness (QED) is 0.795. The van der Waals surface area contributed by atoms with E-state index in [1.807, 2.05) is 6.07 Å². The smallest absolute Gasteiger partial charge is 0.251 e. The second-order valence-corrected chi connectivity index (χ2v) is 3.65. The van der Waals surface area contributed by atoms with Gasteiger partial charge >= 0.3 is 0 Å². The molecule has 0 saturated heterocycles. The van der Waals surface area contributed by atoms with Gasteiger partial charge in [-0.3, -0.25) is 9.59 Å². The van der Waals surface area contributed by atoms with Crippen LogP contribution in [0.15, 0.2) is 30.3 Å². The van der Waals surface area contributed by atoms with Gasteiger partial charge in [0.15, 0.2) is 0 Å². The number of hydrogen-bond donors (Lipinski definition) is 1.